The molecule has 1 aliphatic rings. The van der Waals surface area contributed by atoms with Crippen molar-refractivity contribution in [3.63, 3.8) is 0 Å². The summed E-state index contributed by atoms with van der Waals surface area (Å²) in [6, 6.07) is 0. The third kappa shape index (κ3) is 3.45. The van der Waals surface area contributed by atoms with Gasteiger partial charge in [-0.15, -0.1) is 11.3 Å². The van der Waals surface area contributed by atoms with Gasteiger partial charge < -0.3 is 10.6 Å². The first-order chi connectivity index (χ1) is 8.68. The zero-order valence-corrected chi connectivity index (χ0v) is 12.0. The molecule has 6 heteroatoms. The summed E-state index contributed by atoms with van der Waals surface area (Å²) in [4.78, 5) is 14.9. The van der Waals surface area contributed by atoms with Crippen molar-refractivity contribution < 1.29 is 4.79 Å². The van der Waals surface area contributed by atoms with E-state index in [4.69, 9.17) is 11.6 Å². The van der Waals surface area contributed by atoms with Crippen molar-refractivity contribution in [2.24, 2.45) is 0 Å². The Morgan fingerprint density at radius 1 is 1.56 bits per heavy atom. The predicted molar refractivity (Wildman–Crippen MR) is 75.7 cm³/mol. The van der Waals surface area contributed by atoms with Crippen molar-refractivity contribution in [2.75, 3.05) is 39.3 Å². The molecule has 1 aromatic heterocycles. The monoisotopic (exact) mass is 287 g/mol. The molecule has 4 nitrogen and oxygen atoms in total. The van der Waals surface area contributed by atoms with Crippen LogP contribution in [0.2, 0.25) is 5.02 Å². The molecule has 0 aromatic carbocycles. The number of hydrogen-bond acceptors (Lipinski definition) is 4. The van der Waals surface area contributed by atoms with E-state index in [9.17, 15) is 4.79 Å². The highest BCUT2D eigenvalue weighted by atomic mass is 35.5. The minimum atomic E-state index is -0.0618. The van der Waals surface area contributed by atoms with Gasteiger partial charge in [0.25, 0.3) is 5.91 Å². The summed E-state index contributed by atoms with van der Waals surface area (Å²) in [7, 11) is 0. The number of nitrogens with zero attached hydrogens (tertiary/aromatic N) is 1. The molecule has 1 amide bonds. The molecule has 0 spiro atoms. The van der Waals surface area contributed by atoms with E-state index in [2.05, 4.69) is 15.5 Å². The Morgan fingerprint density at radius 3 is 2.89 bits per heavy atom. The van der Waals surface area contributed by atoms with Crippen LogP contribution in [0.25, 0.3) is 0 Å². The molecule has 2 N–H and O–H groups in total. The van der Waals surface area contributed by atoms with Crippen LogP contribution in [0.4, 0.5) is 0 Å². The molecule has 0 bridgehead atoms. The van der Waals surface area contributed by atoms with Crippen molar-refractivity contribution in [2.45, 2.75) is 6.92 Å². The van der Waals surface area contributed by atoms with Crippen LogP contribution in [0.3, 0.4) is 0 Å². The first kappa shape index (κ1) is 13.8. The maximum atomic E-state index is 11.9. The average molecular weight is 288 g/mol. The Bertz CT molecular complexity index is 415. The summed E-state index contributed by atoms with van der Waals surface area (Å²) in [6.45, 7) is 7.65. The van der Waals surface area contributed by atoms with Crippen LogP contribution in [-0.2, 0) is 0 Å². The Morgan fingerprint density at radius 2 is 2.28 bits per heavy atom. The van der Waals surface area contributed by atoms with Gasteiger partial charge in [-0.1, -0.05) is 11.6 Å². The van der Waals surface area contributed by atoms with Crippen LogP contribution in [0.1, 0.15) is 15.2 Å². The number of piperazine rings is 1. The third-order valence-electron chi connectivity index (χ3n) is 3.03. The lowest BCUT2D eigenvalue weighted by molar-refractivity contribution is 0.0951. The van der Waals surface area contributed by atoms with E-state index in [0.29, 0.717) is 16.4 Å². The van der Waals surface area contributed by atoms with Gasteiger partial charge in [-0.25, -0.2) is 0 Å². The fourth-order valence-electron chi connectivity index (χ4n) is 1.93. The van der Waals surface area contributed by atoms with Gasteiger partial charge in [-0.05, 0) is 17.9 Å². The molecular weight excluding hydrogens is 270 g/mol. The molecule has 18 heavy (non-hydrogen) atoms. The smallest absolute Gasteiger partial charge is 0.262 e. The number of amides is 1. The van der Waals surface area contributed by atoms with Crippen molar-refractivity contribution in [1.29, 1.82) is 0 Å². The number of thiophene rings is 1. The maximum Gasteiger partial charge on any atom is 0.262 e. The molecule has 1 aromatic rings. The summed E-state index contributed by atoms with van der Waals surface area (Å²) in [5.74, 6) is -0.0618. The van der Waals surface area contributed by atoms with E-state index < -0.39 is 0 Å². The lowest BCUT2D eigenvalue weighted by Crippen LogP contribution is -2.46. The normalized spacial score (nSPS) is 16.8. The van der Waals surface area contributed by atoms with Crippen LogP contribution in [0.5, 0.6) is 0 Å². The van der Waals surface area contributed by atoms with Gasteiger partial charge in [0.15, 0.2) is 0 Å². The second kappa shape index (κ2) is 6.52. The zero-order valence-electron chi connectivity index (χ0n) is 10.5. The first-order valence-electron chi connectivity index (χ1n) is 6.13. The van der Waals surface area contributed by atoms with E-state index >= 15 is 0 Å². The van der Waals surface area contributed by atoms with E-state index in [0.717, 1.165) is 38.3 Å². The van der Waals surface area contributed by atoms with Crippen molar-refractivity contribution in [1.82, 2.24) is 15.5 Å². The van der Waals surface area contributed by atoms with Gasteiger partial charge >= 0.3 is 0 Å². The first-order valence-corrected chi connectivity index (χ1v) is 7.39. The molecule has 1 fully saturated rings. The molecule has 1 saturated heterocycles. The summed E-state index contributed by atoms with van der Waals surface area (Å²) < 4.78 is 0. The lowest BCUT2D eigenvalue weighted by Gasteiger charge is -2.27. The molecule has 2 rings (SSSR count). The van der Waals surface area contributed by atoms with Crippen LogP contribution < -0.4 is 10.6 Å². The van der Waals surface area contributed by atoms with Crippen LogP contribution in [0, 0.1) is 6.92 Å². The Labute approximate surface area is 116 Å². The second-order valence-electron chi connectivity index (χ2n) is 4.41. The SMILES string of the molecule is Cc1csc(C(=O)NCCN2CCNCC2)c1Cl. The topological polar surface area (TPSA) is 44.4 Å². The molecular formula is C12H18ClN3OS. The minimum absolute atomic E-state index is 0.0618. The average Bonchev–Trinajstić information content (AvgIpc) is 2.71. The third-order valence-corrected chi connectivity index (χ3v) is 4.72. The molecule has 0 radical (unpaired) electrons. The highest BCUT2D eigenvalue weighted by Gasteiger charge is 2.15. The summed E-state index contributed by atoms with van der Waals surface area (Å²) >= 11 is 7.46. The number of aryl methyl sites for hydroxylation is 1. The van der Waals surface area contributed by atoms with Crippen LogP contribution >= 0.6 is 22.9 Å². The molecule has 0 saturated carbocycles. The van der Waals surface area contributed by atoms with Crippen LogP contribution in [-0.4, -0.2) is 50.1 Å². The number of hydrogen-bond donors (Lipinski definition) is 2. The van der Waals surface area contributed by atoms with Gasteiger partial charge in [-0.2, -0.15) is 0 Å². The summed E-state index contributed by atoms with van der Waals surface area (Å²) in [6.07, 6.45) is 0. The highest BCUT2D eigenvalue weighted by molar-refractivity contribution is 7.13. The Kier molecular flexibility index (Phi) is 5.00. The van der Waals surface area contributed by atoms with E-state index in [-0.39, 0.29) is 5.91 Å². The summed E-state index contributed by atoms with van der Waals surface area (Å²) in [5.41, 5.74) is 0.967. The van der Waals surface area contributed by atoms with Crippen molar-refractivity contribution in [3.8, 4) is 0 Å². The number of rotatable bonds is 4. The number of nitrogens with one attached hydrogen (secondary N) is 2. The van der Waals surface area contributed by atoms with Crippen molar-refractivity contribution in [3.05, 3.63) is 20.8 Å². The molecule has 0 atom stereocenters. The van der Waals surface area contributed by atoms with Gasteiger partial charge in [0.1, 0.15) is 4.88 Å². The fourth-order valence-corrected chi connectivity index (χ4v) is 3.12. The molecule has 2 heterocycles. The van der Waals surface area contributed by atoms with Gasteiger partial charge in [-0.3, -0.25) is 9.69 Å². The van der Waals surface area contributed by atoms with Gasteiger partial charge in [0.2, 0.25) is 0 Å². The van der Waals surface area contributed by atoms with E-state index in [1.54, 1.807) is 0 Å². The Balaban J connectivity index is 1.76. The molecule has 1 aliphatic heterocycles. The highest BCUT2D eigenvalue weighted by Crippen LogP contribution is 2.26. The molecule has 0 aliphatic carbocycles. The van der Waals surface area contributed by atoms with Gasteiger partial charge in [0.05, 0.1) is 5.02 Å². The van der Waals surface area contributed by atoms with E-state index in [1.807, 2.05) is 12.3 Å². The quantitative estimate of drug-likeness (QED) is 0.879. The maximum absolute atomic E-state index is 11.9. The fraction of sp³-hybridized carbons (Fsp3) is 0.583. The predicted octanol–water partition coefficient (Wildman–Crippen LogP) is 1.34. The van der Waals surface area contributed by atoms with Crippen LogP contribution in [0.15, 0.2) is 5.38 Å². The van der Waals surface area contributed by atoms with E-state index in [1.165, 1.54) is 11.3 Å². The molecule has 100 valence electrons. The minimum Gasteiger partial charge on any atom is -0.350 e. The molecule has 0 unspecified atom stereocenters. The number of halogens is 1. The van der Waals surface area contributed by atoms with Gasteiger partial charge in [0, 0.05) is 39.3 Å². The number of carbonyl (C=O) groups excluding carboxylic acids is 1. The standard InChI is InChI=1S/C12H18ClN3OS/c1-9-8-18-11(10(9)13)12(17)15-4-7-16-5-2-14-3-6-16/h8,14H,2-7H2,1H3,(H,15,17). The lowest BCUT2D eigenvalue weighted by atomic mass is 10.3. The Hall–Kier alpha value is -0.620. The number of carbonyl (C=O) groups is 1. The second-order valence-corrected chi connectivity index (χ2v) is 5.67. The largest absolute Gasteiger partial charge is 0.350 e. The zero-order chi connectivity index (χ0) is 13.0. The summed E-state index contributed by atoms with van der Waals surface area (Å²) in [5, 5.41) is 8.72. The van der Waals surface area contributed by atoms with Crippen molar-refractivity contribution >= 4 is 28.8 Å².